The van der Waals surface area contributed by atoms with E-state index in [9.17, 15) is 9.90 Å². The molecule has 0 radical (unpaired) electrons. The Balaban J connectivity index is 1.84. The molecule has 2 heterocycles. The lowest BCUT2D eigenvalue weighted by Crippen LogP contribution is -2.61. The average molecular weight is 287 g/mol. The molecule has 21 heavy (non-hydrogen) atoms. The second kappa shape index (κ2) is 5.28. The van der Waals surface area contributed by atoms with E-state index in [1.54, 1.807) is 6.07 Å². The number of hydrogen-bond donors (Lipinski definition) is 1. The van der Waals surface area contributed by atoms with Crippen molar-refractivity contribution in [2.75, 3.05) is 13.1 Å². The molecule has 1 aliphatic rings. The number of benzene rings is 1. The highest BCUT2D eigenvalue weighted by Gasteiger charge is 2.39. The Morgan fingerprint density at radius 2 is 2.10 bits per heavy atom. The van der Waals surface area contributed by atoms with E-state index < -0.39 is 5.60 Å². The van der Waals surface area contributed by atoms with Gasteiger partial charge in [0.1, 0.15) is 5.58 Å². The summed E-state index contributed by atoms with van der Waals surface area (Å²) in [6.07, 6.45) is 1.82. The zero-order chi connectivity index (χ0) is 15.0. The van der Waals surface area contributed by atoms with Crippen molar-refractivity contribution in [1.29, 1.82) is 0 Å². The summed E-state index contributed by atoms with van der Waals surface area (Å²) in [6.45, 7) is 6.09. The van der Waals surface area contributed by atoms with Gasteiger partial charge in [-0.2, -0.15) is 0 Å². The summed E-state index contributed by atoms with van der Waals surface area (Å²) in [5.41, 5.74) is 1.83. The number of β-amino-alcohol motifs (C(OH)–C–C–N with tert-alkyl or cyclic N) is 1. The van der Waals surface area contributed by atoms with Gasteiger partial charge in [0.2, 0.25) is 0 Å². The highest BCUT2D eigenvalue weighted by atomic mass is 16.4. The molecule has 1 N–H and O–H groups in total. The van der Waals surface area contributed by atoms with Crippen molar-refractivity contribution in [2.24, 2.45) is 0 Å². The van der Waals surface area contributed by atoms with Gasteiger partial charge in [-0.05, 0) is 30.5 Å². The first-order chi connectivity index (χ1) is 9.99. The lowest BCUT2D eigenvalue weighted by Gasteiger charge is -2.46. The lowest BCUT2D eigenvalue weighted by molar-refractivity contribution is -0.106. The van der Waals surface area contributed by atoms with Gasteiger partial charge >= 0.3 is 5.63 Å². The fourth-order valence-electron chi connectivity index (χ4n) is 3.23. The minimum absolute atomic E-state index is 0.313. The van der Waals surface area contributed by atoms with E-state index in [-0.39, 0.29) is 5.63 Å². The number of nitrogens with zero attached hydrogens (tertiary/aromatic N) is 1. The highest BCUT2D eigenvalue weighted by Crippen LogP contribution is 2.28. The molecule has 1 fully saturated rings. The zero-order valence-corrected chi connectivity index (χ0v) is 12.6. The maximum absolute atomic E-state index is 11.7. The van der Waals surface area contributed by atoms with Crippen LogP contribution in [0.1, 0.15) is 30.9 Å². The summed E-state index contributed by atoms with van der Waals surface area (Å²) in [7, 11) is 0. The summed E-state index contributed by atoms with van der Waals surface area (Å²) >= 11 is 0. The number of aliphatic hydroxyl groups is 1. The van der Waals surface area contributed by atoms with Crippen molar-refractivity contribution in [3.05, 3.63) is 45.8 Å². The molecule has 1 aromatic heterocycles. The molecule has 112 valence electrons. The maximum atomic E-state index is 11.7. The van der Waals surface area contributed by atoms with Crippen LogP contribution in [0.3, 0.4) is 0 Å². The molecule has 0 amide bonds. The van der Waals surface area contributed by atoms with Gasteiger partial charge in [-0.25, -0.2) is 4.79 Å². The van der Waals surface area contributed by atoms with Crippen LogP contribution >= 0.6 is 0 Å². The van der Waals surface area contributed by atoms with E-state index in [1.165, 1.54) is 0 Å². The number of rotatable bonds is 4. The van der Waals surface area contributed by atoms with Crippen LogP contribution in [0.15, 0.2) is 33.5 Å². The third-order valence-corrected chi connectivity index (χ3v) is 4.13. The molecule has 1 saturated heterocycles. The van der Waals surface area contributed by atoms with Gasteiger partial charge in [-0.1, -0.05) is 25.5 Å². The molecule has 0 atom stereocenters. The van der Waals surface area contributed by atoms with Crippen LogP contribution in [0.2, 0.25) is 0 Å². The highest BCUT2D eigenvalue weighted by molar-refractivity contribution is 5.80. The maximum Gasteiger partial charge on any atom is 0.336 e. The van der Waals surface area contributed by atoms with Crippen LogP contribution in [-0.4, -0.2) is 28.7 Å². The van der Waals surface area contributed by atoms with Crippen molar-refractivity contribution in [3.8, 4) is 0 Å². The van der Waals surface area contributed by atoms with Crippen LogP contribution in [0.4, 0.5) is 0 Å². The summed E-state index contributed by atoms with van der Waals surface area (Å²) in [6, 6.07) is 7.48. The Bertz CT molecular complexity index is 714. The Hall–Kier alpha value is -1.65. The van der Waals surface area contributed by atoms with Crippen LogP contribution in [0, 0.1) is 6.92 Å². The van der Waals surface area contributed by atoms with E-state index in [2.05, 4.69) is 11.8 Å². The van der Waals surface area contributed by atoms with Gasteiger partial charge < -0.3 is 9.52 Å². The second-order valence-electron chi connectivity index (χ2n) is 6.21. The fourth-order valence-corrected chi connectivity index (χ4v) is 3.23. The van der Waals surface area contributed by atoms with Gasteiger partial charge in [0.05, 0.1) is 5.60 Å². The van der Waals surface area contributed by atoms with Crippen LogP contribution in [-0.2, 0) is 6.54 Å². The second-order valence-corrected chi connectivity index (χ2v) is 6.21. The molecule has 4 heteroatoms. The summed E-state index contributed by atoms with van der Waals surface area (Å²) in [5, 5.41) is 11.2. The Morgan fingerprint density at radius 3 is 2.81 bits per heavy atom. The van der Waals surface area contributed by atoms with Gasteiger partial charge in [0.25, 0.3) is 0 Å². The summed E-state index contributed by atoms with van der Waals surface area (Å²) < 4.78 is 5.27. The topological polar surface area (TPSA) is 53.7 Å². The van der Waals surface area contributed by atoms with Crippen LogP contribution < -0.4 is 5.63 Å². The largest absolute Gasteiger partial charge is 0.423 e. The monoisotopic (exact) mass is 287 g/mol. The first-order valence-corrected chi connectivity index (χ1v) is 7.47. The number of hydrogen-bond acceptors (Lipinski definition) is 4. The molecule has 3 rings (SSSR count). The van der Waals surface area contributed by atoms with Gasteiger partial charge in [0, 0.05) is 31.1 Å². The fraction of sp³-hybridized carbons (Fsp3) is 0.471. The molecule has 0 bridgehead atoms. The van der Waals surface area contributed by atoms with Crippen molar-refractivity contribution in [1.82, 2.24) is 4.90 Å². The third-order valence-electron chi connectivity index (χ3n) is 4.13. The quantitative estimate of drug-likeness (QED) is 0.878. The van der Waals surface area contributed by atoms with Gasteiger partial charge in [0.15, 0.2) is 0 Å². The van der Waals surface area contributed by atoms with Gasteiger partial charge in [-0.3, -0.25) is 4.90 Å². The van der Waals surface area contributed by atoms with Crippen molar-refractivity contribution in [2.45, 2.75) is 38.8 Å². The van der Waals surface area contributed by atoms with E-state index in [0.29, 0.717) is 25.2 Å². The first kappa shape index (κ1) is 14.3. The molecule has 1 aliphatic heterocycles. The number of aryl methyl sites for hydroxylation is 1. The molecule has 0 unspecified atom stereocenters. The SMILES string of the molecule is CCCC1(O)CN(Cc2cc(=O)oc3cc(C)ccc23)C1. The van der Waals surface area contributed by atoms with Crippen molar-refractivity contribution in [3.63, 3.8) is 0 Å². The molecular weight excluding hydrogens is 266 g/mol. The minimum atomic E-state index is -0.541. The Labute approximate surface area is 124 Å². The average Bonchev–Trinajstić information content (AvgIpc) is 2.36. The molecule has 4 nitrogen and oxygen atoms in total. The molecule has 1 aromatic carbocycles. The smallest absolute Gasteiger partial charge is 0.336 e. The van der Waals surface area contributed by atoms with Crippen LogP contribution in [0.5, 0.6) is 0 Å². The standard InChI is InChI=1S/C17H21NO3/c1-3-6-17(20)10-18(11-17)9-13-8-16(19)21-15-7-12(2)4-5-14(13)15/h4-5,7-8,20H,3,6,9-11H2,1-2H3. The normalized spacial score (nSPS) is 17.9. The molecule has 0 saturated carbocycles. The van der Waals surface area contributed by atoms with E-state index in [0.717, 1.165) is 29.4 Å². The third kappa shape index (κ3) is 2.87. The van der Waals surface area contributed by atoms with Crippen molar-refractivity contribution < 1.29 is 9.52 Å². The predicted molar refractivity (Wildman–Crippen MR) is 82.4 cm³/mol. The van der Waals surface area contributed by atoms with E-state index >= 15 is 0 Å². The summed E-state index contributed by atoms with van der Waals surface area (Å²) in [4.78, 5) is 13.9. The summed E-state index contributed by atoms with van der Waals surface area (Å²) in [5.74, 6) is 0. The first-order valence-electron chi connectivity index (χ1n) is 7.47. The lowest BCUT2D eigenvalue weighted by atomic mass is 9.89. The Kier molecular flexibility index (Phi) is 3.59. The minimum Gasteiger partial charge on any atom is -0.423 e. The van der Waals surface area contributed by atoms with E-state index in [1.807, 2.05) is 25.1 Å². The van der Waals surface area contributed by atoms with Gasteiger partial charge in [-0.15, -0.1) is 0 Å². The molecular formula is C17H21NO3. The van der Waals surface area contributed by atoms with E-state index in [4.69, 9.17) is 4.42 Å². The predicted octanol–water partition coefficient (Wildman–Crippen LogP) is 2.45. The molecule has 2 aromatic rings. The number of fused-ring (bicyclic) bond motifs is 1. The Morgan fingerprint density at radius 1 is 1.33 bits per heavy atom. The number of likely N-dealkylation sites (tertiary alicyclic amines) is 1. The molecule has 0 aliphatic carbocycles. The van der Waals surface area contributed by atoms with Crippen LogP contribution in [0.25, 0.3) is 11.0 Å². The molecule has 0 spiro atoms. The van der Waals surface area contributed by atoms with Crippen molar-refractivity contribution >= 4 is 11.0 Å². The zero-order valence-electron chi connectivity index (χ0n) is 12.6.